The molecule has 0 aromatic heterocycles. The number of rotatable bonds is 6. The number of phenolic OH excluding ortho intramolecular Hbond substituents is 1. The molecule has 0 atom stereocenters. The van der Waals surface area contributed by atoms with Crippen LogP contribution < -0.4 is 4.74 Å². The van der Waals surface area contributed by atoms with Crippen molar-refractivity contribution in [3.8, 4) is 11.5 Å². The fraction of sp³-hybridized carbons (Fsp3) is 0.211. The fourth-order valence-corrected chi connectivity index (χ4v) is 2.87. The minimum Gasteiger partial charge on any atom is -0.507 e. The Bertz CT molecular complexity index is 755. The van der Waals surface area contributed by atoms with Crippen LogP contribution in [0.1, 0.15) is 30.5 Å². The third-order valence-corrected chi connectivity index (χ3v) is 4.44. The van der Waals surface area contributed by atoms with Crippen LogP contribution in [0, 0.1) is 0 Å². The summed E-state index contributed by atoms with van der Waals surface area (Å²) in [6.45, 7) is 3.93. The van der Waals surface area contributed by atoms with Gasteiger partial charge in [0.1, 0.15) is 11.5 Å². The number of halogens is 1. The molecule has 0 heterocycles. The van der Waals surface area contributed by atoms with Gasteiger partial charge in [0.05, 0.1) is 12.8 Å². The lowest BCUT2D eigenvalue weighted by molar-refractivity contribution is 0.403. The number of methoxy groups -OCH3 is 1. The van der Waals surface area contributed by atoms with E-state index in [2.05, 4.69) is 11.3 Å². The number of phenols is 1. The Balaban J connectivity index is 2.11. The number of hydrogen-bond donors (Lipinski definition) is 1. The Kier molecular flexibility index (Phi) is 6.76. The predicted molar refractivity (Wildman–Crippen MR) is 104 cm³/mol. The second-order valence-corrected chi connectivity index (χ2v) is 6.27. The van der Waals surface area contributed by atoms with Gasteiger partial charge in [0.15, 0.2) is 0 Å². The average Bonchev–Trinajstić information content (AvgIpc) is 2.59. The van der Waals surface area contributed by atoms with E-state index >= 15 is 0 Å². The lowest BCUT2D eigenvalue weighted by Gasteiger charge is -2.11. The van der Waals surface area contributed by atoms with E-state index in [1.165, 1.54) is 11.9 Å². The minimum atomic E-state index is 0.174. The molecule has 3 nitrogen and oxygen atoms in total. The van der Waals surface area contributed by atoms with Gasteiger partial charge in [-0.1, -0.05) is 30.7 Å². The van der Waals surface area contributed by atoms with Crippen LogP contribution in [0.15, 0.2) is 46.2 Å². The monoisotopic (exact) mass is 361 g/mol. The highest BCUT2D eigenvalue weighted by Gasteiger charge is 2.11. The summed E-state index contributed by atoms with van der Waals surface area (Å²) in [6.07, 6.45) is 2.79. The Morgan fingerprint density at radius 2 is 2.00 bits per heavy atom. The van der Waals surface area contributed by atoms with E-state index in [1.807, 2.05) is 48.7 Å². The topological polar surface area (TPSA) is 41.8 Å². The van der Waals surface area contributed by atoms with Crippen LogP contribution in [-0.2, 0) is 6.42 Å². The SMILES string of the molecule is CCc1cc(/C(C)=N/S/C=C/c2ccc(Cl)cc2)c(O)cc1OC. The highest BCUT2D eigenvalue weighted by molar-refractivity contribution is 8.01. The Hall–Kier alpha value is -1.91. The second-order valence-electron chi connectivity index (χ2n) is 5.17. The molecule has 0 saturated heterocycles. The molecule has 0 unspecified atom stereocenters. The molecule has 0 aliphatic rings. The molecule has 5 heteroatoms. The summed E-state index contributed by atoms with van der Waals surface area (Å²) < 4.78 is 9.72. The van der Waals surface area contributed by atoms with Crippen LogP contribution >= 0.6 is 23.5 Å². The molecule has 24 heavy (non-hydrogen) atoms. The quantitative estimate of drug-likeness (QED) is 0.526. The fourth-order valence-electron chi connectivity index (χ4n) is 2.21. The van der Waals surface area contributed by atoms with Crippen molar-refractivity contribution in [1.82, 2.24) is 0 Å². The lowest BCUT2D eigenvalue weighted by Crippen LogP contribution is -1.98. The van der Waals surface area contributed by atoms with Crippen LogP contribution in [0.3, 0.4) is 0 Å². The summed E-state index contributed by atoms with van der Waals surface area (Å²) in [5, 5.41) is 12.8. The van der Waals surface area contributed by atoms with Gasteiger partial charge in [0, 0.05) is 28.6 Å². The molecule has 0 bridgehead atoms. The third kappa shape index (κ3) is 4.79. The zero-order valence-electron chi connectivity index (χ0n) is 13.9. The summed E-state index contributed by atoms with van der Waals surface area (Å²) in [4.78, 5) is 0. The third-order valence-electron chi connectivity index (χ3n) is 3.55. The number of aromatic hydroxyl groups is 1. The summed E-state index contributed by atoms with van der Waals surface area (Å²) in [7, 11) is 1.60. The lowest BCUT2D eigenvalue weighted by atomic mass is 10.0. The van der Waals surface area contributed by atoms with Crippen molar-refractivity contribution >= 4 is 35.3 Å². The maximum Gasteiger partial charge on any atom is 0.128 e. The molecular formula is C19H20ClNO2S. The van der Waals surface area contributed by atoms with Crippen molar-refractivity contribution in [3.63, 3.8) is 0 Å². The maximum atomic E-state index is 10.2. The van der Waals surface area contributed by atoms with Crippen molar-refractivity contribution in [2.24, 2.45) is 4.40 Å². The van der Waals surface area contributed by atoms with Crippen LogP contribution in [0.25, 0.3) is 6.08 Å². The highest BCUT2D eigenvalue weighted by Crippen LogP contribution is 2.29. The molecular weight excluding hydrogens is 342 g/mol. The summed E-state index contributed by atoms with van der Waals surface area (Å²) >= 11 is 7.18. The molecule has 2 rings (SSSR count). The Morgan fingerprint density at radius 1 is 1.29 bits per heavy atom. The molecule has 2 aromatic rings. The molecule has 1 N–H and O–H groups in total. The van der Waals surface area contributed by atoms with E-state index in [0.717, 1.165) is 33.8 Å². The average molecular weight is 362 g/mol. The summed E-state index contributed by atoms with van der Waals surface area (Å²) in [5.41, 5.74) is 3.58. The van der Waals surface area contributed by atoms with E-state index in [1.54, 1.807) is 13.2 Å². The number of benzene rings is 2. The summed E-state index contributed by atoms with van der Waals surface area (Å²) in [5.74, 6) is 0.870. The Morgan fingerprint density at radius 3 is 2.62 bits per heavy atom. The molecule has 0 spiro atoms. The molecule has 0 radical (unpaired) electrons. The second kappa shape index (κ2) is 8.81. The molecule has 0 fully saturated rings. The largest absolute Gasteiger partial charge is 0.507 e. The maximum absolute atomic E-state index is 10.2. The summed E-state index contributed by atoms with van der Waals surface area (Å²) in [6, 6.07) is 11.2. The van der Waals surface area contributed by atoms with Crippen LogP contribution in [0.4, 0.5) is 0 Å². The van der Waals surface area contributed by atoms with Gasteiger partial charge >= 0.3 is 0 Å². The first kappa shape index (κ1) is 18.4. The van der Waals surface area contributed by atoms with Crippen molar-refractivity contribution in [1.29, 1.82) is 0 Å². The van der Waals surface area contributed by atoms with Gasteiger partial charge in [-0.25, -0.2) is 4.40 Å². The van der Waals surface area contributed by atoms with Gasteiger partial charge in [-0.3, -0.25) is 0 Å². The number of hydrogen-bond acceptors (Lipinski definition) is 4. The van der Waals surface area contributed by atoms with E-state index in [0.29, 0.717) is 5.75 Å². The first-order valence-corrected chi connectivity index (χ1v) is 8.79. The van der Waals surface area contributed by atoms with Crippen molar-refractivity contribution in [2.45, 2.75) is 20.3 Å². The Labute approximate surface area is 152 Å². The van der Waals surface area contributed by atoms with Crippen molar-refractivity contribution in [2.75, 3.05) is 7.11 Å². The smallest absolute Gasteiger partial charge is 0.128 e. The molecule has 2 aromatic carbocycles. The van der Waals surface area contributed by atoms with Crippen molar-refractivity contribution in [3.05, 3.63) is 63.5 Å². The molecule has 0 saturated carbocycles. The highest BCUT2D eigenvalue weighted by atomic mass is 35.5. The zero-order chi connectivity index (χ0) is 17.5. The zero-order valence-corrected chi connectivity index (χ0v) is 15.5. The molecule has 0 aliphatic carbocycles. The normalized spacial score (nSPS) is 11.9. The van der Waals surface area contributed by atoms with Gasteiger partial charge in [-0.2, -0.15) is 0 Å². The van der Waals surface area contributed by atoms with E-state index in [9.17, 15) is 5.11 Å². The van der Waals surface area contributed by atoms with Crippen LogP contribution in [0.2, 0.25) is 5.02 Å². The first-order chi connectivity index (χ1) is 11.5. The van der Waals surface area contributed by atoms with E-state index in [4.69, 9.17) is 16.3 Å². The van der Waals surface area contributed by atoms with Gasteiger partial charge < -0.3 is 9.84 Å². The van der Waals surface area contributed by atoms with E-state index in [-0.39, 0.29) is 5.75 Å². The van der Waals surface area contributed by atoms with Crippen molar-refractivity contribution < 1.29 is 9.84 Å². The standard InChI is InChI=1S/C19H20ClNO2S/c1-4-15-11-17(18(22)12-19(15)23-3)13(2)21-24-10-9-14-5-7-16(20)8-6-14/h5-12,22H,4H2,1-3H3/b10-9+,21-13+. The van der Waals surface area contributed by atoms with Crippen LogP contribution in [-0.4, -0.2) is 17.9 Å². The van der Waals surface area contributed by atoms with Gasteiger partial charge in [0.2, 0.25) is 0 Å². The molecule has 0 amide bonds. The molecule has 0 aliphatic heterocycles. The van der Waals surface area contributed by atoms with Gasteiger partial charge in [-0.15, -0.1) is 0 Å². The van der Waals surface area contributed by atoms with Gasteiger partial charge in [0.25, 0.3) is 0 Å². The van der Waals surface area contributed by atoms with E-state index < -0.39 is 0 Å². The number of aryl methyl sites for hydroxylation is 1. The number of nitrogens with zero attached hydrogens (tertiary/aromatic N) is 1. The van der Waals surface area contributed by atoms with Crippen LogP contribution in [0.5, 0.6) is 11.5 Å². The first-order valence-electron chi connectivity index (χ1n) is 7.58. The van der Waals surface area contributed by atoms with Gasteiger partial charge in [-0.05, 0) is 54.2 Å². The number of ether oxygens (including phenoxy) is 1. The predicted octanol–water partition coefficient (Wildman–Crippen LogP) is 5.74. The molecule has 126 valence electrons. The minimum absolute atomic E-state index is 0.174.